The zero-order valence-electron chi connectivity index (χ0n) is 9.45. The molecule has 0 saturated carbocycles. The third-order valence-corrected chi connectivity index (χ3v) is 3.12. The monoisotopic (exact) mass is 224 g/mol. The van der Waals surface area contributed by atoms with Gasteiger partial charge in [-0.3, -0.25) is 4.98 Å². The molecule has 2 atom stereocenters. The van der Waals surface area contributed by atoms with Gasteiger partial charge in [-0.05, 0) is 31.9 Å². The van der Waals surface area contributed by atoms with Crippen LogP contribution in [-0.4, -0.2) is 25.2 Å². The number of aromatic nitrogens is 1. The molecule has 16 heavy (non-hydrogen) atoms. The predicted octanol–water partition coefficient (Wildman–Crippen LogP) is 1.91. The van der Waals surface area contributed by atoms with Crippen LogP contribution in [0.15, 0.2) is 18.5 Å². The normalized spacial score (nSPS) is 22.2. The van der Waals surface area contributed by atoms with Gasteiger partial charge in [-0.2, -0.15) is 0 Å². The minimum absolute atomic E-state index is 0.0506. The van der Waals surface area contributed by atoms with Crippen LogP contribution in [0.5, 0.6) is 0 Å². The summed E-state index contributed by atoms with van der Waals surface area (Å²) in [5, 5.41) is 3.16. The van der Waals surface area contributed by atoms with Crippen LogP contribution in [0.2, 0.25) is 0 Å². The minimum Gasteiger partial charge on any atom is -0.381 e. The summed E-state index contributed by atoms with van der Waals surface area (Å²) in [5.74, 6) is 0.297. The fraction of sp³-hybridized carbons (Fsp3) is 0.583. The Morgan fingerprint density at radius 3 is 3.19 bits per heavy atom. The van der Waals surface area contributed by atoms with Crippen molar-refractivity contribution in [2.45, 2.75) is 18.9 Å². The van der Waals surface area contributed by atoms with Crippen molar-refractivity contribution >= 4 is 0 Å². The molecule has 2 heterocycles. The van der Waals surface area contributed by atoms with Crippen molar-refractivity contribution in [2.75, 3.05) is 20.3 Å². The standard InChI is InChI=1S/C12H17FN2O/c1-14-12(6-9-3-5-16-8-9)10-2-4-15-7-11(10)13/h2,4,7,9,12,14H,3,5-6,8H2,1H3. The lowest BCUT2D eigenvalue weighted by Gasteiger charge is -2.19. The van der Waals surface area contributed by atoms with Crippen molar-refractivity contribution in [1.82, 2.24) is 10.3 Å². The zero-order chi connectivity index (χ0) is 11.4. The number of nitrogens with one attached hydrogen (secondary N) is 1. The van der Waals surface area contributed by atoms with E-state index in [1.165, 1.54) is 6.20 Å². The van der Waals surface area contributed by atoms with Crippen LogP contribution in [0.1, 0.15) is 24.4 Å². The van der Waals surface area contributed by atoms with E-state index in [4.69, 9.17) is 4.74 Å². The Balaban J connectivity index is 2.06. The van der Waals surface area contributed by atoms with Gasteiger partial charge < -0.3 is 10.1 Å². The lowest BCUT2D eigenvalue weighted by molar-refractivity contribution is 0.181. The fourth-order valence-corrected chi connectivity index (χ4v) is 2.17. The maximum Gasteiger partial charge on any atom is 0.146 e. The summed E-state index contributed by atoms with van der Waals surface area (Å²) in [6.45, 7) is 1.63. The summed E-state index contributed by atoms with van der Waals surface area (Å²) in [6, 6.07) is 1.79. The van der Waals surface area contributed by atoms with Crippen LogP contribution in [0.3, 0.4) is 0 Å². The van der Waals surface area contributed by atoms with Crippen molar-refractivity contribution in [2.24, 2.45) is 5.92 Å². The summed E-state index contributed by atoms with van der Waals surface area (Å²) < 4.78 is 18.9. The van der Waals surface area contributed by atoms with Gasteiger partial charge in [-0.25, -0.2) is 4.39 Å². The molecule has 1 aliphatic rings. The molecule has 0 radical (unpaired) electrons. The number of hydrogen-bond acceptors (Lipinski definition) is 3. The van der Waals surface area contributed by atoms with Gasteiger partial charge in [0.1, 0.15) is 5.82 Å². The molecule has 1 aromatic heterocycles. The van der Waals surface area contributed by atoms with E-state index < -0.39 is 0 Å². The van der Waals surface area contributed by atoms with Crippen molar-refractivity contribution in [3.63, 3.8) is 0 Å². The Morgan fingerprint density at radius 1 is 1.69 bits per heavy atom. The summed E-state index contributed by atoms with van der Waals surface area (Å²) in [7, 11) is 1.86. The Hall–Kier alpha value is -1.00. The van der Waals surface area contributed by atoms with E-state index in [-0.39, 0.29) is 11.9 Å². The van der Waals surface area contributed by atoms with E-state index in [0.717, 1.165) is 26.1 Å². The molecule has 0 spiro atoms. The molecule has 1 aliphatic heterocycles. The van der Waals surface area contributed by atoms with Gasteiger partial charge in [0, 0.05) is 31.0 Å². The van der Waals surface area contributed by atoms with Crippen molar-refractivity contribution in [1.29, 1.82) is 0 Å². The third kappa shape index (κ3) is 2.57. The zero-order valence-corrected chi connectivity index (χ0v) is 9.45. The molecule has 1 N–H and O–H groups in total. The molecule has 1 fully saturated rings. The largest absolute Gasteiger partial charge is 0.381 e. The van der Waals surface area contributed by atoms with Gasteiger partial charge >= 0.3 is 0 Å². The molecule has 1 aromatic rings. The van der Waals surface area contributed by atoms with Crippen LogP contribution in [-0.2, 0) is 4.74 Å². The first kappa shape index (κ1) is 11.5. The van der Waals surface area contributed by atoms with Gasteiger partial charge in [0.15, 0.2) is 0 Å². The highest BCUT2D eigenvalue weighted by Gasteiger charge is 2.22. The lowest BCUT2D eigenvalue weighted by atomic mass is 9.94. The first-order chi connectivity index (χ1) is 7.81. The van der Waals surface area contributed by atoms with Gasteiger partial charge in [-0.1, -0.05) is 0 Å². The Labute approximate surface area is 95.0 Å². The number of pyridine rings is 1. The molecule has 2 rings (SSSR count). The van der Waals surface area contributed by atoms with Gasteiger partial charge in [0.2, 0.25) is 0 Å². The number of ether oxygens (including phenoxy) is 1. The highest BCUT2D eigenvalue weighted by molar-refractivity contribution is 5.17. The van der Waals surface area contributed by atoms with Crippen LogP contribution in [0.4, 0.5) is 4.39 Å². The van der Waals surface area contributed by atoms with Gasteiger partial charge in [-0.15, -0.1) is 0 Å². The SMILES string of the molecule is CNC(CC1CCOC1)c1ccncc1F. The van der Waals surface area contributed by atoms with Gasteiger partial charge in [0.25, 0.3) is 0 Å². The molecule has 3 nitrogen and oxygen atoms in total. The van der Waals surface area contributed by atoms with Crippen LogP contribution in [0, 0.1) is 11.7 Å². The molecule has 0 aromatic carbocycles. The smallest absolute Gasteiger partial charge is 0.146 e. The van der Waals surface area contributed by atoms with Gasteiger partial charge in [0.05, 0.1) is 6.20 Å². The summed E-state index contributed by atoms with van der Waals surface area (Å²) >= 11 is 0. The number of hydrogen-bond donors (Lipinski definition) is 1. The van der Waals surface area contributed by atoms with E-state index in [2.05, 4.69) is 10.3 Å². The van der Waals surface area contributed by atoms with Crippen LogP contribution < -0.4 is 5.32 Å². The Bertz CT molecular complexity index is 340. The maximum atomic E-state index is 13.6. The molecule has 1 saturated heterocycles. The number of halogens is 1. The molecule has 0 aliphatic carbocycles. The molecule has 2 unspecified atom stereocenters. The van der Waals surface area contributed by atoms with Crippen LogP contribution >= 0.6 is 0 Å². The minimum atomic E-state index is -0.235. The van der Waals surface area contributed by atoms with Crippen molar-refractivity contribution in [3.8, 4) is 0 Å². The third-order valence-electron chi connectivity index (χ3n) is 3.12. The molecule has 0 amide bonds. The summed E-state index contributed by atoms with van der Waals surface area (Å²) in [4.78, 5) is 3.77. The number of nitrogens with zero attached hydrogens (tertiary/aromatic N) is 1. The highest BCUT2D eigenvalue weighted by atomic mass is 19.1. The fourth-order valence-electron chi connectivity index (χ4n) is 2.17. The summed E-state index contributed by atoms with van der Waals surface area (Å²) in [6.07, 6.45) is 4.89. The molecule has 0 bridgehead atoms. The average molecular weight is 224 g/mol. The van der Waals surface area contributed by atoms with Crippen molar-refractivity contribution < 1.29 is 9.13 Å². The second-order valence-electron chi connectivity index (χ2n) is 4.20. The lowest BCUT2D eigenvalue weighted by Crippen LogP contribution is -2.21. The van der Waals surface area contributed by atoms with Crippen LogP contribution in [0.25, 0.3) is 0 Å². The second-order valence-corrected chi connectivity index (χ2v) is 4.20. The van der Waals surface area contributed by atoms with E-state index >= 15 is 0 Å². The quantitative estimate of drug-likeness (QED) is 0.848. The maximum absolute atomic E-state index is 13.6. The molecule has 88 valence electrons. The van der Waals surface area contributed by atoms with E-state index in [0.29, 0.717) is 11.5 Å². The first-order valence-corrected chi connectivity index (χ1v) is 5.65. The molecular weight excluding hydrogens is 207 g/mol. The Kier molecular flexibility index (Phi) is 3.85. The van der Waals surface area contributed by atoms with E-state index in [9.17, 15) is 4.39 Å². The van der Waals surface area contributed by atoms with E-state index in [1.54, 1.807) is 12.3 Å². The molecule has 4 heteroatoms. The van der Waals surface area contributed by atoms with E-state index in [1.807, 2.05) is 7.05 Å². The number of rotatable bonds is 4. The predicted molar refractivity (Wildman–Crippen MR) is 59.5 cm³/mol. The molecular formula is C12H17FN2O. The topological polar surface area (TPSA) is 34.1 Å². The highest BCUT2D eigenvalue weighted by Crippen LogP contribution is 2.27. The second kappa shape index (κ2) is 5.37. The van der Waals surface area contributed by atoms with Crippen molar-refractivity contribution in [3.05, 3.63) is 29.8 Å². The Morgan fingerprint density at radius 2 is 2.56 bits per heavy atom. The summed E-state index contributed by atoms with van der Waals surface area (Å²) in [5.41, 5.74) is 0.699. The average Bonchev–Trinajstić information content (AvgIpc) is 2.80. The first-order valence-electron chi connectivity index (χ1n) is 5.65.